The van der Waals surface area contributed by atoms with E-state index < -0.39 is 5.41 Å². The molecule has 0 unspecified atom stereocenters. The van der Waals surface area contributed by atoms with Crippen molar-refractivity contribution in [3.05, 3.63) is 235 Å². The summed E-state index contributed by atoms with van der Waals surface area (Å²) in [4.78, 5) is 10.8. The fourth-order valence-electron chi connectivity index (χ4n) is 10.6. The minimum Gasteiger partial charge on any atom is -0.293 e. The number of nitrogens with zero attached hydrogens (tertiary/aromatic N) is 3. The molecule has 1 spiro atoms. The summed E-state index contributed by atoms with van der Waals surface area (Å²) in [5.74, 6) is 1.53. The lowest BCUT2D eigenvalue weighted by atomic mass is 9.69. The second kappa shape index (κ2) is 12.6. The molecule has 13 rings (SSSR count). The lowest BCUT2D eigenvalue weighted by molar-refractivity contribution is 0.797. The average Bonchev–Trinajstić information content (AvgIpc) is 3.94. The highest BCUT2D eigenvalue weighted by atomic mass is 15.1. The Balaban J connectivity index is 1.26. The Morgan fingerprint density at radius 3 is 1.65 bits per heavy atom. The van der Waals surface area contributed by atoms with Gasteiger partial charge in [0.1, 0.15) is 5.82 Å². The fourth-order valence-corrected chi connectivity index (χ4v) is 10.6. The molecule has 3 nitrogen and oxygen atoms in total. The smallest absolute Gasteiger partial charge is 0.162 e. The van der Waals surface area contributed by atoms with E-state index in [0.717, 1.165) is 28.2 Å². The van der Waals surface area contributed by atoms with Gasteiger partial charge in [0.15, 0.2) is 5.82 Å². The minimum absolute atomic E-state index is 0.630. The molecule has 0 fully saturated rings. The first-order valence-electron chi connectivity index (χ1n) is 20.7. The lowest BCUT2D eigenvalue weighted by Gasteiger charge is -2.32. The summed E-state index contributed by atoms with van der Waals surface area (Å²) in [6.07, 6.45) is 0. The molecule has 0 aliphatic heterocycles. The van der Waals surface area contributed by atoms with Crippen molar-refractivity contribution in [2.45, 2.75) is 5.41 Å². The van der Waals surface area contributed by atoms with E-state index in [-0.39, 0.29) is 0 Å². The number of para-hydroxylation sites is 1. The number of aromatic nitrogens is 3. The summed E-state index contributed by atoms with van der Waals surface area (Å²) < 4.78 is 2.46. The second-order valence-corrected chi connectivity index (χ2v) is 16.0. The fraction of sp³-hybridized carbons (Fsp3) is 0.0175. The summed E-state index contributed by atoms with van der Waals surface area (Å²) in [5.41, 5.74) is 17.3. The average molecular weight is 762 g/mol. The van der Waals surface area contributed by atoms with Crippen LogP contribution in [-0.4, -0.2) is 14.5 Å². The first-order valence-corrected chi connectivity index (χ1v) is 20.7. The van der Waals surface area contributed by atoms with E-state index in [1.807, 2.05) is 6.07 Å². The van der Waals surface area contributed by atoms with Crippen LogP contribution in [0.3, 0.4) is 0 Å². The number of rotatable bonds is 4. The van der Waals surface area contributed by atoms with E-state index in [4.69, 9.17) is 9.97 Å². The summed E-state index contributed by atoms with van der Waals surface area (Å²) in [6.45, 7) is 0. The third kappa shape index (κ3) is 4.44. The monoisotopic (exact) mass is 761 g/mol. The van der Waals surface area contributed by atoms with Crippen LogP contribution in [0.15, 0.2) is 212 Å². The Bertz CT molecular complexity index is 3430. The van der Waals surface area contributed by atoms with Gasteiger partial charge in [0.25, 0.3) is 0 Å². The third-order valence-corrected chi connectivity index (χ3v) is 13.0. The van der Waals surface area contributed by atoms with E-state index in [9.17, 15) is 0 Å². The van der Waals surface area contributed by atoms with Gasteiger partial charge in [-0.1, -0.05) is 194 Å². The second-order valence-electron chi connectivity index (χ2n) is 16.0. The van der Waals surface area contributed by atoms with Crippen LogP contribution in [0.4, 0.5) is 0 Å². The van der Waals surface area contributed by atoms with Crippen molar-refractivity contribution < 1.29 is 0 Å². The van der Waals surface area contributed by atoms with Gasteiger partial charge in [-0.05, 0) is 73.0 Å². The van der Waals surface area contributed by atoms with E-state index in [1.54, 1.807) is 0 Å². The summed E-state index contributed by atoms with van der Waals surface area (Å²) >= 11 is 0. The maximum absolute atomic E-state index is 5.54. The Morgan fingerprint density at radius 2 is 0.950 bits per heavy atom. The van der Waals surface area contributed by atoms with E-state index in [1.165, 1.54) is 82.7 Å². The molecule has 0 amide bonds. The van der Waals surface area contributed by atoms with Crippen molar-refractivity contribution in [3.8, 4) is 61.8 Å². The predicted molar refractivity (Wildman–Crippen MR) is 246 cm³/mol. The maximum Gasteiger partial charge on any atom is 0.162 e. The molecule has 2 aromatic heterocycles. The van der Waals surface area contributed by atoms with Crippen molar-refractivity contribution in [2.24, 2.45) is 0 Å². The van der Waals surface area contributed by atoms with E-state index in [0.29, 0.717) is 5.82 Å². The molecule has 2 aliphatic carbocycles. The molecule has 9 aromatic carbocycles. The number of hydrogen-bond acceptors (Lipinski definition) is 2. The van der Waals surface area contributed by atoms with Crippen LogP contribution in [0.25, 0.3) is 94.4 Å². The highest BCUT2D eigenvalue weighted by molar-refractivity contribution is 6.27. The molecular weight excluding hydrogens is 727 g/mol. The van der Waals surface area contributed by atoms with Crippen LogP contribution >= 0.6 is 0 Å². The lowest BCUT2D eigenvalue weighted by Crippen LogP contribution is -2.27. The zero-order valence-corrected chi connectivity index (χ0v) is 32.5. The van der Waals surface area contributed by atoms with Gasteiger partial charge in [-0.3, -0.25) is 4.57 Å². The summed E-state index contributed by atoms with van der Waals surface area (Å²) in [6, 6.07) is 77.3. The van der Waals surface area contributed by atoms with Gasteiger partial charge < -0.3 is 0 Å². The van der Waals surface area contributed by atoms with Crippen LogP contribution < -0.4 is 0 Å². The van der Waals surface area contributed by atoms with Gasteiger partial charge in [0.05, 0.1) is 22.1 Å². The molecule has 2 heterocycles. The van der Waals surface area contributed by atoms with Crippen LogP contribution in [-0.2, 0) is 5.41 Å². The quantitative estimate of drug-likeness (QED) is 0.179. The SMILES string of the molecule is c1ccc(-c2ccc3c(c2)C2(c4ccccc4-c4ccccc42)c2c-3c3ccccc3c3c4ccccc4n(-c4cc(-c5ccccc5)nc(-c5ccccc5)n4)c23)cc1. The highest BCUT2D eigenvalue weighted by Crippen LogP contribution is 2.66. The molecule has 11 aromatic rings. The van der Waals surface area contributed by atoms with E-state index in [2.05, 4.69) is 211 Å². The molecular formula is C57H35N3. The first-order chi connectivity index (χ1) is 29.8. The van der Waals surface area contributed by atoms with Gasteiger partial charge >= 0.3 is 0 Å². The Morgan fingerprint density at radius 1 is 0.383 bits per heavy atom. The zero-order chi connectivity index (χ0) is 39.4. The maximum atomic E-state index is 5.54. The molecule has 278 valence electrons. The van der Waals surface area contributed by atoms with Crippen LogP contribution in [0, 0.1) is 0 Å². The van der Waals surface area contributed by atoms with Crippen molar-refractivity contribution in [1.29, 1.82) is 0 Å². The molecule has 0 saturated heterocycles. The Kier molecular flexibility index (Phi) is 6.93. The normalized spacial score (nSPS) is 13.1. The number of fused-ring (bicyclic) bond motifs is 17. The topological polar surface area (TPSA) is 30.7 Å². The molecule has 60 heavy (non-hydrogen) atoms. The van der Waals surface area contributed by atoms with Crippen molar-refractivity contribution in [1.82, 2.24) is 14.5 Å². The number of benzene rings is 9. The Labute approximate surface area is 347 Å². The third-order valence-electron chi connectivity index (χ3n) is 13.0. The van der Waals surface area contributed by atoms with Gasteiger partial charge in [0, 0.05) is 33.5 Å². The van der Waals surface area contributed by atoms with Gasteiger partial charge in [-0.15, -0.1) is 0 Å². The van der Waals surface area contributed by atoms with Gasteiger partial charge in [0.2, 0.25) is 0 Å². The van der Waals surface area contributed by atoms with Crippen LogP contribution in [0.2, 0.25) is 0 Å². The van der Waals surface area contributed by atoms with Crippen molar-refractivity contribution >= 4 is 32.6 Å². The van der Waals surface area contributed by atoms with Crippen molar-refractivity contribution in [2.75, 3.05) is 0 Å². The molecule has 2 aliphatic rings. The predicted octanol–water partition coefficient (Wildman–Crippen LogP) is 14.1. The molecule has 0 saturated carbocycles. The molecule has 0 N–H and O–H groups in total. The zero-order valence-electron chi connectivity index (χ0n) is 32.5. The standard InChI is InChI=1S/C57H35N3/c1-4-18-36(19-5-1)39-32-33-44-48(34-39)57(46-29-15-12-24-40(46)41-25-13-16-30-47(41)57)54-52(44)42-26-10-11-27-43(42)53-45-28-14-17-31-50(45)60(55(53)54)51-35-49(37-20-6-2-7-21-37)58-56(59-51)38-22-8-3-9-23-38/h1-35H. The molecule has 3 heteroatoms. The van der Waals surface area contributed by atoms with Crippen molar-refractivity contribution in [3.63, 3.8) is 0 Å². The molecule has 0 atom stereocenters. The molecule has 0 bridgehead atoms. The Hall–Kier alpha value is -7.88. The van der Waals surface area contributed by atoms with Gasteiger partial charge in [-0.2, -0.15) is 0 Å². The first kappa shape index (κ1) is 33.1. The molecule has 0 radical (unpaired) electrons. The van der Waals surface area contributed by atoms with Crippen LogP contribution in [0.5, 0.6) is 0 Å². The minimum atomic E-state index is -0.630. The van der Waals surface area contributed by atoms with Gasteiger partial charge in [-0.25, -0.2) is 9.97 Å². The number of hydrogen-bond donors (Lipinski definition) is 0. The van der Waals surface area contributed by atoms with Crippen LogP contribution in [0.1, 0.15) is 22.3 Å². The summed E-state index contributed by atoms with van der Waals surface area (Å²) in [5, 5.41) is 4.92. The summed E-state index contributed by atoms with van der Waals surface area (Å²) in [7, 11) is 0. The largest absolute Gasteiger partial charge is 0.293 e. The highest BCUT2D eigenvalue weighted by Gasteiger charge is 2.54. The van der Waals surface area contributed by atoms with E-state index >= 15 is 0 Å².